The van der Waals surface area contributed by atoms with Gasteiger partial charge in [0.05, 0.1) is 37.5 Å². The van der Waals surface area contributed by atoms with Gasteiger partial charge in [-0.3, -0.25) is 9.59 Å². The zero-order valence-corrected chi connectivity index (χ0v) is 22.1. The van der Waals surface area contributed by atoms with Crippen molar-refractivity contribution in [3.05, 3.63) is 62.8 Å². The summed E-state index contributed by atoms with van der Waals surface area (Å²) in [5.74, 6) is -1.35. The largest absolute Gasteiger partial charge is 0.503 e. The molecule has 0 unspecified atom stereocenters. The first-order chi connectivity index (χ1) is 17.7. The van der Waals surface area contributed by atoms with Gasteiger partial charge in [-0.2, -0.15) is 0 Å². The third-order valence-corrected chi connectivity index (χ3v) is 7.01. The first-order valence-electron chi connectivity index (χ1n) is 12.2. The number of aromatic nitrogens is 3. The van der Waals surface area contributed by atoms with E-state index in [9.17, 15) is 19.1 Å². The van der Waals surface area contributed by atoms with Crippen molar-refractivity contribution >= 4 is 17.2 Å². The summed E-state index contributed by atoms with van der Waals surface area (Å²) >= 11 is 1.21. The lowest BCUT2D eigenvalue weighted by Crippen LogP contribution is -2.48. The second kappa shape index (κ2) is 11.5. The van der Waals surface area contributed by atoms with Gasteiger partial charge in [-0.05, 0) is 45.4 Å². The molecule has 2 aromatic heterocycles. The number of carbonyl (C=O) groups excluding carboxylic acids is 1. The van der Waals surface area contributed by atoms with E-state index in [-0.39, 0.29) is 41.9 Å². The average molecular weight is 531 g/mol. The summed E-state index contributed by atoms with van der Waals surface area (Å²) < 4.78 is 26.2. The first kappa shape index (κ1) is 26.9. The maximum Gasteiger partial charge on any atom is 0.274 e. The van der Waals surface area contributed by atoms with E-state index in [0.29, 0.717) is 36.2 Å². The zero-order chi connectivity index (χ0) is 26.7. The molecule has 0 saturated heterocycles. The van der Waals surface area contributed by atoms with Gasteiger partial charge in [0.15, 0.2) is 16.5 Å². The van der Waals surface area contributed by atoms with Gasteiger partial charge in [0.1, 0.15) is 10.8 Å². The number of fused-ring (bicyclic) bond motifs is 1. The van der Waals surface area contributed by atoms with Crippen molar-refractivity contribution in [3.63, 3.8) is 0 Å². The van der Waals surface area contributed by atoms with Crippen molar-refractivity contribution in [2.24, 2.45) is 0 Å². The molecule has 1 amide bonds. The molecule has 1 atom stereocenters. The molecule has 0 spiro atoms. The van der Waals surface area contributed by atoms with Crippen LogP contribution in [0.25, 0.3) is 10.6 Å². The van der Waals surface area contributed by atoms with Gasteiger partial charge in [0, 0.05) is 25.2 Å². The lowest BCUT2D eigenvalue weighted by Gasteiger charge is -2.38. The molecule has 3 aromatic rings. The molecule has 1 N–H and O–H groups in total. The fraction of sp³-hybridized carbons (Fsp3) is 0.462. The molecule has 1 aliphatic rings. The Bertz CT molecular complexity index is 1310. The Morgan fingerprint density at radius 3 is 2.54 bits per heavy atom. The summed E-state index contributed by atoms with van der Waals surface area (Å²) in [6.45, 7) is 9.10. The minimum absolute atomic E-state index is 0.0585. The Morgan fingerprint density at radius 1 is 1.14 bits per heavy atom. The number of benzene rings is 1. The van der Waals surface area contributed by atoms with E-state index in [4.69, 9.17) is 9.47 Å². The van der Waals surface area contributed by atoms with E-state index in [0.717, 1.165) is 5.56 Å². The zero-order valence-electron chi connectivity index (χ0n) is 21.3. The monoisotopic (exact) mass is 530 g/mol. The fourth-order valence-corrected chi connectivity index (χ4v) is 5.04. The van der Waals surface area contributed by atoms with Crippen LogP contribution in [0.5, 0.6) is 5.75 Å². The summed E-state index contributed by atoms with van der Waals surface area (Å²) in [5, 5.41) is 20.2. The highest BCUT2D eigenvalue weighted by atomic mass is 32.1. The Morgan fingerprint density at radius 2 is 1.86 bits per heavy atom. The fourth-order valence-electron chi connectivity index (χ4n) is 4.16. The summed E-state index contributed by atoms with van der Waals surface area (Å²) in [7, 11) is 0. The lowest BCUT2D eigenvalue weighted by molar-refractivity contribution is 0.00329. The van der Waals surface area contributed by atoms with Crippen LogP contribution in [-0.2, 0) is 15.9 Å². The molecule has 9 nitrogen and oxygen atoms in total. The van der Waals surface area contributed by atoms with E-state index in [1.165, 1.54) is 23.5 Å². The number of halogens is 1. The van der Waals surface area contributed by atoms with Crippen LogP contribution in [0.2, 0.25) is 0 Å². The second-order valence-electron chi connectivity index (χ2n) is 9.48. The highest BCUT2D eigenvalue weighted by Gasteiger charge is 2.36. The number of hydrogen-bond donors (Lipinski definition) is 1. The minimum Gasteiger partial charge on any atom is -0.503 e. The maximum absolute atomic E-state index is 13.2. The number of amides is 1. The predicted octanol–water partition coefficient (Wildman–Crippen LogP) is 3.65. The smallest absolute Gasteiger partial charge is 0.274 e. The summed E-state index contributed by atoms with van der Waals surface area (Å²) in [5.41, 5.74) is 0.270. The van der Waals surface area contributed by atoms with Crippen molar-refractivity contribution in [2.45, 2.75) is 52.3 Å². The maximum atomic E-state index is 13.2. The average Bonchev–Trinajstić information content (AvgIpc) is 3.31. The van der Waals surface area contributed by atoms with E-state index >= 15 is 0 Å². The van der Waals surface area contributed by atoms with Crippen LogP contribution in [0.1, 0.15) is 54.8 Å². The van der Waals surface area contributed by atoms with Gasteiger partial charge < -0.3 is 24.0 Å². The molecule has 0 fully saturated rings. The molecular formula is C26H31FN4O5S. The van der Waals surface area contributed by atoms with E-state index in [1.807, 2.05) is 27.7 Å². The van der Waals surface area contributed by atoms with Gasteiger partial charge in [-0.25, -0.2) is 4.39 Å². The Balaban J connectivity index is 1.64. The van der Waals surface area contributed by atoms with Crippen molar-refractivity contribution in [2.75, 3.05) is 26.4 Å². The SMILES string of the molecule is CC(C)OCCOC[C@H]1CN(C(C)C)C(=O)c2c(O)c(=O)c(-c3nnc(Cc4ccc(F)cc4)s3)cn21. The standard InChI is InChI=1S/C26H31FN4O5S/c1-15(2)30-12-19(14-35-9-10-36-16(3)4)31-13-20(23(32)24(33)22(31)26(30)34)25-29-28-21(37-25)11-17-5-7-18(27)8-6-17/h5-8,13,15-16,19,33H,9-12,14H2,1-4H3/t19-/m1/s1. The molecule has 1 aromatic carbocycles. The Labute approximate surface area is 218 Å². The number of nitrogens with zero attached hydrogens (tertiary/aromatic N) is 4. The van der Waals surface area contributed by atoms with Crippen LogP contribution >= 0.6 is 11.3 Å². The van der Waals surface area contributed by atoms with Crippen LogP contribution in [0.3, 0.4) is 0 Å². The lowest BCUT2D eigenvalue weighted by atomic mass is 10.1. The number of pyridine rings is 1. The topological polar surface area (TPSA) is 107 Å². The highest BCUT2D eigenvalue weighted by Crippen LogP contribution is 2.31. The van der Waals surface area contributed by atoms with Gasteiger partial charge in [0.25, 0.3) is 5.91 Å². The minimum atomic E-state index is -0.681. The van der Waals surface area contributed by atoms with Crippen LogP contribution in [0.15, 0.2) is 35.3 Å². The number of rotatable bonds is 10. The molecular weight excluding hydrogens is 499 g/mol. The first-order valence-corrected chi connectivity index (χ1v) is 13.0. The molecule has 11 heteroatoms. The number of hydrogen-bond acceptors (Lipinski definition) is 8. The van der Waals surface area contributed by atoms with Crippen molar-refractivity contribution in [1.29, 1.82) is 0 Å². The summed E-state index contributed by atoms with van der Waals surface area (Å²) in [6, 6.07) is 5.63. The predicted molar refractivity (Wildman–Crippen MR) is 138 cm³/mol. The Hall–Kier alpha value is -3.15. The number of ether oxygens (including phenoxy) is 2. The van der Waals surface area contributed by atoms with Crippen LogP contribution < -0.4 is 5.43 Å². The summed E-state index contributed by atoms with van der Waals surface area (Å²) in [6.07, 6.45) is 2.08. The molecule has 198 valence electrons. The Kier molecular flexibility index (Phi) is 8.35. The molecule has 0 radical (unpaired) electrons. The van der Waals surface area contributed by atoms with Gasteiger partial charge in [-0.1, -0.05) is 23.5 Å². The van der Waals surface area contributed by atoms with Crippen LogP contribution in [-0.4, -0.2) is 69.2 Å². The second-order valence-corrected chi connectivity index (χ2v) is 10.5. The normalized spacial score (nSPS) is 15.6. The molecule has 0 aliphatic carbocycles. The third kappa shape index (κ3) is 6.06. The van der Waals surface area contributed by atoms with E-state index in [1.54, 1.807) is 27.8 Å². The third-order valence-electron chi connectivity index (χ3n) is 6.05. The molecule has 1 aliphatic heterocycles. The van der Waals surface area contributed by atoms with Gasteiger partial charge >= 0.3 is 0 Å². The molecule has 37 heavy (non-hydrogen) atoms. The molecule has 4 rings (SSSR count). The van der Waals surface area contributed by atoms with E-state index < -0.39 is 17.1 Å². The number of aromatic hydroxyl groups is 1. The van der Waals surface area contributed by atoms with Crippen molar-refractivity contribution < 1.29 is 23.8 Å². The van der Waals surface area contributed by atoms with Crippen molar-refractivity contribution in [3.8, 4) is 16.3 Å². The van der Waals surface area contributed by atoms with Crippen molar-refractivity contribution in [1.82, 2.24) is 19.7 Å². The van der Waals surface area contributed by atoms with E-state index in [2.05, 4.69) is 10.2 Å². The molecule has 0 bridgehead atoms. The molecule has 0 saturated carbocycles. The number of carbonyl (C=O) groups is 1. The quantitative estimate of drug-likeness (QED) is 0.399. The van der Waals surface area contributed by atoms with Crippen LogP contribution in [0.4, 0.5) is 4.39 Å². The van der Waals surface area contributed by atoms with Gasteiger partial charge in [0.2, 0.25) is 5.43 Å². The van der Waals surface area contributed by atoms with Gasteiger partial charge in [-0.15, -0.1) is 10.2 Å². The molecule has 3 heterocycles. The summed E-state index contributed by atoms with van der Waals surface area (Å²) in [4.78, 5) is 28.0. The van der Waals surface area contributed by atoms with Crippen LogP contribution in [0, 0.1) is 5.82 Å². The highest BCUT2D eigenvalue weighted by molar-refractivity contribution is 7.14.